The van der Waals surface area contributed by atoms with Gasteiger partial charge in [0.1, 0.15) is 0 Å². The van der Waals surface area contributed by atoms with E-state index in [1.54, 1.807) is 0 Å². The Kier molecular flexibility index (Phi) is 4.99. The molecular weight excluding hydrogens is 246 g/mol. The lowest BCUT2D eigenvalue weighted by atomic mass is 9.77. The van der Waals surface area contributed by atoms with Crippen LogP contribution in [0.3, 0.4) is 0 Å². The number of carbonyl (C=O) groups is 1. The van der Waals surface area contributed by atoms with Crippen LogP contribution in [0.25, 0.3) is 0 Å². The van der Waals surface area contributed by atoms with Crippen LogP contribution in [0, 0.1) is 0 Å². The summed E-state index contributed by atoms with van der Waals surface area (Å²) < 4.78 is 0. The van der Waals surface area contributed by atoms with Crippen molar-refractivity contribution in [1.82, 2.24) is 5.32 Å². The third-order valence-electron chi connectivity index (χ3n) is 4.31. The lowest BCUT2D eigenvalue weighted by Gasteiger charge is -2.39. The van der Waals surface area contributed by atoms with E-state index in [0.717, 1.165) is 31.2 Å². The zero-order valence-corrected chi connectivity index (χ0v) is 12.5. The van der Waals surface area contributed by atoms with Gasteiger partial charge in [0, 0.05) is 11.1 Å². The largest absolute Gasteiger partial charge is 0.346 e. The second-order valence-corrected chi connectivity index (χ2v) is 5.94. The van der Waals surface area contributed by atoms with E-state index >= 15 is 0 Å². The fourth-order valence-electron chi connectivity index (χ4n) is 3.08. The standard InChI is InChI=1S/C18H25NO/c1-3-15(2)14-18(12-8-5-9-13-18)19-17(20)16-10-6-4-7-11-16/h4,6-7,10-11H,2-3,5,8-9,12-14H2,1H3,(H,19,20). The molecule has 1 aromatic rings. The predicted molar refractivity (Wildman–Crippen MR) is 83.8 cm³/mol. The molecule has 1 aliphatic carbocycles. The van der Waals surface area contributed by atoms with E-state index in [9.17, 15) is 4.79 Å². The minimum Gasteiger partial charge on any atom is -0.346 e. The summed E-state index contributed by atoms with van der Waals surface area (Å²) in [7, 11) is 0. The van der Waals surface area contributed by atoms with Crippen molar-refractivity contribution in [1.29, 1.82) is 0 Å². The van der Waals surface area contributed by atoms with Crippen molar-refractivity contribution >= 4 is 5.91 Å². The van der Waals surface area contributed by atoms with Crippen LogP contribution in [0.15, 0.2) is 42.5 Å². The fourth-order valence-corrected chi connectivity index (χ4v) is 3.08. The maximum Gasteiger partial charge on any atom is 0.251 e. The molecule has 1 amide bonds. The summed E-state index contributed by atoms with van der Waals surface area (Å²) >= 11 is 0. The van der Waals surface area contributed by atoms with Crippen molar-refractivity contribution in [3.8, 4) is 0 Å². The number of hydrogen-bond acceptors (Lipinski definition) is 1. The van der Waals surface area contributed by atoms with Gasteiger partial charge in [0.15, 0.2) is 0 Å². The minimum atomic E-state index is -0.0712. The first-order valence-corrected chi connectivity index (χ1v) is 7.69. The Morgan fingerprint density at radius 1 is 1.20 bits per heavy atom. The summed E-state index contributed by atoms with van der Waals surface area (Å²) in [4.78, 5) is 12.4. The quantitative estimate of drug-likeness (QED) is 0.786. The molecular formula is C18H25NO. The maximum absolute atomic E-state index is 12.4. The Morgan fingerprint density at radius 2 is 1.85 bits per heavy atom. The molecule has 20 heavy (non-hydrogen) atoms. The van der Waals surface area contributed by atoms with Crippen molar-refractivity contribution in [2.75, 3.05) is 0 Å². The number of benzene rings is 1. The summed E-state index contributed by atoms with van der Waals surface area (Å²) in [5.41, 5.74) is 1.91. The van der Waals surface area contributed by atoms with E-state index in [4.69, 9.17) is 0 Å². The monoisotopic (exact) mass is 271 g/mol. The molecule has 0 heterocycles. The van der Waals surface area contributed by atoms with Crippen LogP contribution >= 0.6 is 0 Å². The Bertz CT molecular complexity index is 458. The Labute approximate surface area is 122 Å². The van der Waals surface area contributed by atoms with Crippen molar-refractivity contribution < 1.29 is 4.79 Å². The highest BCUT2D eigenvalue weighted by molar-refractivity contribution is 5.94. The molecule has 0 saturated heterocycles. The molecule has 0 spiro atoms. The number of rotatable bonds is 5. The number of hydrogen-bond donors (Lipinski definition) is 1. The smallest absolute Gasteiger partial charge is 0.251 e. The van der Waals surface area contributed by atoms with E-state index in [-0.39, 0.29) is 11.4 Å². The van der Waals surface area contributed by atoms with Gasteiger partial charge in [-0.3, -0.25) is 4.79 Å². The molecule has 1 aromatic carbocycles. The highest BCUT2D eigenvalue weighted by Crippen LogP contribution is 2.34. The molecule has 0 aliphatic heterocycles. The van der Waals surface area contributed by atoms with Crippen LogP contribution in [0.5, 0.6) is 0 Å². The van der Waals surface area contributed by atoms with Gasteiger partial charge in [-0.05, 0) is 37.8 Å². The van der Waals surface area contributed by atoms with E-state index in [1.807, 2.05) is 30.3 Å². The molecule has 108 valence electrons. The van der Waals surface area contributed by atoms with Crippen LogP contribution in [-0.2, 0) is 0 Å². The first kappa shape index (κ1) is 14.8. The van der Waals surface area contributed by atoms with E-state index in [1.165, 1.54) is 24.8 Å². The highest BCUT2D eigenvalue weighted by Gasteiger charge is 2.33. The first-order valence-electron chi connectivity index (χ1n) is 7.69. The van der Waals surface area contributed by atoms with Crippen molar-refractivity contribution in [2.24, 2.45) is 0 Å². The average molecular weight is 271 g/mol. The second-order valence-electron chi connectivity index (χ2n) is 5.94. The molecule has 2 heteroatoms. The normalized spacial score (nSPS) is 17.4. The van der Waals surface area contributed by atoms with Crippen LogP contribution in [0.4, 0.5) is 0 Å². The van der Waals surface area contributed by atoms with Gasteiger partial charge in [0.25, 0.3) is 5.91 Å². The summed E-state index contributed by atoms with van der Waals surface area (Å²) in [5, 5.41) is 3.31. The van der Waals surface area contributed by atoms with Crippen LogP contribution < -0.4 is 5.32 Å². The second kappa shape index (κ2) is 6.74. The third kappa shape index (κ3) is 3.72. The number of carbonyl (C=O) groups excluding carboxylic acids is 1. The van der Waals surface area contributed by atoms with Gasteiger partial charge >= 0.3 is 0 Å². The van der Waals surface area contributed by atoms with Crippen LogP contribution in [-0.4, -0.2) is 11.4 Å². The average Bonchev–Trinajstić information content (AvgIpc) is 2.48. The first-order chi connectivity index (χ1) is 9.65. The van der Waals surface area contributed by atoms with E-state index < -0.39 is 0 Å². The van der Waals surface area contributed by atoms with Crippen LogP contribution in [0.2, 0.25) is 0 Å². The molecule has 2 rings (SSSR count). The predicted octanol–water partition coefficient (Wildman–Crippen LogP) is 4.48. The molecule has 0 bridgehead atoms. The van der Waals surface area contributed by atoms with Gasteiger partial charge < -0.3 is 5.32 Å². The molecule has 0 atom stereocenters. The zero-order valence-electron chi connectivity index (χ0n) is 12.5. The molecule has 1 aliphatic rings. The lowest BCUT2D eigenvalue weighted by molar-refractivity contribution is 0.0868. The van der Waals surface area contributed by atoms with Crippen molar-refractivity contribution in [3.63, 3.8) is 0 Å². The van der Waals surface area contributed by atoms with E-state index in [0.29, 0.717) is 0 Å². The van der Waals surface area contributed by atoms with Gasteiger partial charge in [-0.2, -0.15) is 0 Å². The van der Waals surface area contributed by atoms with Crippen molar-refractivity contribution in [2.45, 2.75) is 57.4 Å². The summed E-state index contributed by atoms with van der Waals surface area (Å²) in [6, 6.07) is 9.51. The van der Waals surface area contributed by atoms with Gasteiger partial charge in [-0.25, -0.2) is 0 Å². The molecule has 0 aromatic heterocycles. The topological polar surface area (TPSA) is 29.1 Å². The molecule has 2 nitrogen and oxygen atoms in total. The SMILES string of the molecule is C=C(CC)CC1(NC(=O)c2ccccc2)CCCCC1. The summed E-state index contributed by atoms with van der Waals surface area (Å²) in [6.07, 6.45) is 7.74. The summed E-state index contributed by atoms with van der Waals surface area (Å²) in [6.45, 7) is 6.28. The maximum atomic E-state index is 12.4. The molecule has 1 fully saturated rings. The molecule has 1 N–H and O–H groups in total. The van der Waals surface area contributed by atoms with Crippen LogP contribution in [0.1, 0.15) is 62.2 Å². The molecule has 0 unspecified atom stereocenters. The number of amides is 1. The number of nitrogens with one attached hydrogen (secondary N) is 1. The minimum absolute atomic E-state index is 0.0522. The summed E-state index contributed by atoms with van der Waals surface area (Å²) in [5.74, 6) is 0.0522. The van der Waals surface area contributed by atoms with E-state index in [2.05, 4.69) is 18.8 Å². The zero-order chi connectivity index (χ0) is 14.4. The Balaban J connectivity index is 2.11. The van der Waals surface area contributed by atoms with Gasteiger partial charge in [0.2, 0.25) is 0 Å². The lowest BCUT2D eigenvalue weighted by Crippen LogP contribution is -2.50. The van der Waals surface area contributed by atoms with Gasteiger partial charge in [-0.1, -0.05) is 56.5 Å². The van der Waals surface area contributed by atoms with Crippen molar-refractivity contribution in [3.05, 3.63) is 48.0 Å². The molecule has 1 saturated carbocycles. The molecule has 0 radical (unpaired) electrons. The third-order valence-corrected chi connectivity index (χ3v) is 4.31. The fraction of sp³-hybridized carbons (Fsp3) is 0.500. The Hall–Kier alpha value is -1.57. The van der Waals surface area contributed by atoms with Gasteiger partial charge in [-0.15, -0.1) is 0 Å². The highest BCUT2D eigenvalue weighted by atomic mass is 16.1. The van der Waals surface area contributed by atoms with Gasteiger partial charge in [0.05, 0.1) is 0 Å². The Morgan fingerprint density at radius 3 is 2.45 bits per heavy atom.